The van der Waals surface area contributed by atoms with Crippen LogP contribution in [0.1, 0.15) is 12.5 Å². The molecule has 0 spiro atoms. The lowest BCUT2D eigenvalue weighted by atomic mass is 10.2. The number of amides is 2. The summed E-state index contributed by atoms with van der Waals surface area (Å²) >= 11 is 6.07. The van der Waals surface area contributed by atoms with E-state index in [9.17, 15) is 18.8 Å². The zero-order valence-electron chi connectivity index (χ0n) is 12.5. The molecule has 1 aliphatic rings. The molecule has 0 radical (unpaired) electrons. The van der Waals surface area contributed by atoms with Crippen LogP contribution in [0.15, 0.2) is 29.2 Å². The summed E-state index contributed by atoms with van der Waals surface area (Å²) in [6.07, 6.45) is 1.37. The van der Waals surface area contributed by atoms with Crippen molar-refractivity contribution in [2.45, 2.75) is 13.0 Å². The van der Waals surface area contributed by atoms with Crippen LogP contribution in [0, 0.1) is 5.82 Å². The van der Waals surface area contributed by atoms with Crippen molar-refractivity contribution in [2.75, 3.05) is 6.54 Å². The van der Waals surface area contributed by atoms with Crippen LogP contribution in [0.3, 0.4) is 0 Å². The Morgan fingerprint density at radius 2 is 2.12 bits per heavy atom. The quantitative estimate of drug-likeness (QED) is 0.607. The number of hydrogen-bond acceptors (Lipinski definition) is 5. The number of carbonyl (C=O) groups is 3. The first kappa shape index (κ1) is 18.1. The normalized spacial score (nSPS) is 17.2. The number of thioether (sulfide) groups is 1. The van der Waals surface area contributed by atoms with E-state index in [1.54, 1.807) is 6.07 Å². The molecule has 1 aromatic rings. The standard InChI is InChI=1S/C15H13FN2O4S2/c1-8(13(21)17-7-12(19)20)18-14(22)11(24-15(18)23)6-9-4-2-3-5-10(9)16/h2-6,8H,7H2,1H3,(H,17,21)(H,19,20)/b11-6-. The van der Waals surface area contributed by atoms with Gasteiger partial charge in [-0.1, -0.05) is 42.2 Å². The number of carboxylic acid groups (broad SMARTS) is 1. The summed E-state index contributed by atoms with van der Waals surface area (Å²) in [5.41, 5.74) is 0.237. The second-order valence-corrected chi connectivity index (χ2v) is 6.54. The van der Waals surface area contributed by atoms with Gasteiger partial charge in [0.2, 0.25) is 5.91 Å². The van der Waals surface area contributed by atoms with E-state index in [0.29, 0.717) is 0 Å². The van der Waals surface area contributed by atoms with Crippen molar-refractivity contribution in [3.05, 3.63) is 40.6 Å². The fraction of sp³-hybridized carbons (Fsp3) is 0.200. The van der Waals surface area contributed by atoms with E-state index in [-0.39, 0.29) is 14.8 Å². The summed E-state index contributed by atoms with van der Waals surface area (Å²) in [5, 5.41) is 10.8. The van der Waals surface area contributed by atoms with Crippen LogP contribution in [0.25, 0.3) is 6.08 Å². The third-order valence-electron chi connectivity index (χ3n) is 3.20. The Morgan fingerprint density at radius 3 is 2.75 bits per heavy atom. The number of nitrogens with zero attached hydrogens (tertiary/aromatic N) is 1. The number of hydrogen-bond donors (Lipinski definition) is 2. The molecule has 2 rings (SSSR count). The lowest BCUT2D eigenvalue weighted by Gasteiger charge is -2.21. The predicted octanol–water partition coefficient (Wildman–Crippen LogP) is 1.62. The molecule has 0 bridgehead atoms. The third kappa shape index (κ3) is 3.98. The lowest BCUT2D eigenvalue weighted by molar-refractivity contribution is -0.139. The van der Waals surface area contributed by atoms with Crippen LogP contribution >= 0.6 is 24.0 Å². The van der Waals surface area contributed by atoms with Crippen LogP contribution in [-0.2, 0) is 14.4 Å². The Kier molecular flexibility index (Phi) is 5.68. The molecule has 0 aromatic heterocycles. The number of rotatable bonds is 5. The summed E-state index contributed by atoms with van der Waals surface area (Å²) in [7, 11) is 0. The van der Waals surface area contributed by atoms with Crippen molar-refractivity contribution in [3.8, 4) is 0 Å². The van der Waals surface area contributed by atoms with Crippen LogP contribution in [0.5, 0.6) is 0 Å². The monoisotopic (exact) mass is 368 g/mol. The van der Waals surface area contributed by atoms with Gasteiger partial charge in [-0.3, -0.25) is 19.3 Å². The van der Waals surface area contributed by atoms with Crippen molar-refractivity contribution in [2.24, 2.45) is 0 Å². The molecule has 1 aromatic carbocycles. The number of carbonyl (C=O) groups excluding carboxylic acids is 2. The molecule has 9 heteroatoms. The van der Waals surface area contributed by atoms with E-state index in [1.807, 2.05) is 0 Å². The van der Waals surface area contributed by atoms with Gasteiger partial charge in [-0.15, -0.1) is 0 Å². The maximum Gasteiger partial charge on any atom is 0.322 e. The topological polar surface area (TPSA) is 86.7 Å². The van der Waals surface area contributed by atoms with Gasteiger partial charge in [-0.05, 0) is 19.1 Å². The smallest absolute Gasteiger partial charge is 0.322 e. The van der Waals surface area contributed by atoms with Gasteiger partial charge in [0.1, 0.15) is 22.7 Å². The molecule has 1 atom stereocenters. The summed E-state index contributed by atoms with van der Waals surface area (Å²) < 4.78 is 13.8. The van der Waals surface area contributed by atoms with Gasteiger partial charge >= 0.3 is 5.97 Å². The molecule has 1 unspecified atom stereocenters. The SMILES string of the molecule is CC(C(=O)NCC(=O)O)N1C(=O)/C(=C/c2ccccc2F)SC1=S. The molecular weight excluding hydrogens is 355 g/mol. The first-order valence-corrected chi connectivity index (χ1v) is 8.05. The number of halogens is 1. The number of benzene rings is 1. The molecule has 126 valence electrons. The van der Waals surface area contributed by atoms with Crippen LogP contribution < -0.4 is 5.32 Å². The highest BCUT2D eigenvalue weighted by molar-refractivity contribution is 8.26. The van der Waals surface area contributed by atoms with Crippen molar-refractivity contribution < 1.29 is 23.9 Å². The molecule has 24 heavy (non-hydrogen) atoms. The number of nitrogens with one attached hydrogen (secondary N) is 1. The molecule has 2 N–H and O–H groups in total. The van der Waals surface area contributed by atoms with Gasteiger partial charge in [-0.25, -0.2) is 4.39 Å². The first-order valence-electron chi connectivity index (χ1n) is 6.82. The fourth-order valence-corrected chi connectivity index (χ4v) is 3.38. The molecule has 1 aliphatic heterocycles. The maximum atomic E-state index is 13.7. The highest BCUT2D eigenvalue weighted by Gasteiger charge is 2.38. The summed E-state index contributed by atoms with van der Waals surface area (Å²) in [4.78, 5) is 36.2. The largest absolute Gasteiger partial charge is 0.480 e. The van der Waals surface area contributed by atoms with Gasteiger partial charge in [0.25, 0.3) is 5.91 Å². The zero-order valence-corrected chi connectivity index (χ0v) is 14.1. The summed E-state index contributed by atoms with van der Waals surface area (Å²) in [6, 6.07) is 4.99. The average molecular weight is 368 g/mol. The average Bonchev–Trinajstić information content (AvgIpc) is 2.80. The number of carboxylic acids is 1. The molecule has 1 fully saturated rings. The van der Waals surface area contributed by atoms with Gasteiger partial charge in [0.15, 0.2) is 0 Å². The predicted molar refractivity (Wildman–Crippen MR) is 91.5 cm³/mol. The van der Waals surface area contributed by atoms with Gasteiger partial charge < -0.3 is 10.4 Å². The van der Waals surface area contributed by atoms with E-state index in [1.165, 1.54) is 31.2 Å². The Bertz CT molecular complexity index is 751. The zero-order chi connectivity index (χ0) is 17.9. The molecule has 2 amide bonds. The Morgan fingerprint density at radius 1 is 1.46 bits per heavy atom. The van der Waals surface area contributed by atoms with E-state index in [0.717, 1.165) is 16.7 Å². The van der Waals surface area contributed by atoms with E-state index in [2.05, 4.69) is 5.32 Å². The minimum atomic E-state index is -1.19. The van der Waals surface area contributed by atoms with E-state index in [4.69, 9.17) is 17.3 Å². The Labute approximate surface area is 146 Å². The van der Waals surface area contributed by atoms with Crippen LogP contribution in [-0.4, -0.2) is 44.7 Å². The van der Waals surface area contributed by atoms with Crippen molar-refractivity contribution in [1.82, 2.24) is 10.2 Å². The van der Waals surface area contributed by atoms with E-state index < -0.39 is 36.2 Å². The van der Waals surface area contributed by atoms with Crippen molar-refractivity contribution >= 4 is 52.2 Å². The molecule has 6 nitrogen and oxygen atoms in total. The van der Waals surface area contributed by atoms with Gasteiger partial charge in [0.05, 0.1) is 4.91 Å². The second kappa shape index (κ2) is 7.54. The summed E-state index contributed by atoms with van der Waals surface area (Å²) in [6.45, 7) is 0.886. The lowest BCUT2D eigenvalue weighted by Crippen LogP contribution is -2.48. The highest BCUT2D eigenvalue weighted by atomic mass is 32.2. The van der Waals surface area contributed by atoms with Crippen molar-refractivity contribution in [3.63, 3.8) is 0 Å². The van der Waals surface area contributed by atoms with E-state index >= 15 is 0 Å². The van der Waals surface area contributed by atoms with Gasteiger partial charge in [0, 0.05) is 5.56 Å². The fourth-order valence-electron chi connectivity index (χ4n) is 1.97. The molecule has 1 heterocycles. The maximum absolute atomic E-state index is 13.7. The third-order valence-corrected chi connectivity index (χ3v) is 4.53. The Hall–Kier alpha value is -2.26. The minimum Gasteiger partial charge on any atom is -0.480 e. The molecule has 0 aliphatic carbocycles. The highest BCUT2D eigenvalue weighted by Crippen LogP contribution is 2.34. The number of aliphatic carboxylic acids is 1. The number of thiocarbonyl (C=S) groups is 1. The van der Waals surface area contributed by atoms with Crippen LogP contribution in [0.4, 0.5) is 4.39 Å². The minimum absolute atomic E-state index is 0.153. The molecule has 1 saturated heterocycles. The Balaban J connectivity index is 2.18. The molecule has 0 saturated carbocycles. The first-order chi connectivity index (χ1) is 11.3. The summed E-state index contributed by atoms with van der Waals surface area (Å²) in [5.74, 6) is -2.83. The molecular formula is C15H13FN2O4S2. The second-order valence-electron chi connectivity index (χ2n) is 4.86. The van der Waals surface area contributed by atoms with Gasteiger partial charge in [-0.2, -0.15) is 0 Å². The van der Waals surface area contributed by atoms with Crippen molar-refractivity contribution in [1.29, 1.82) is 0 Å². The van der Waals surface area contributed by atoms with Crippen LogP contribution in [0.2, 0.25) is 0 Å².